The van der Waals surface area contributed by atoms with E-state index in [2.05, 4.69) is 5.32 Å². The summed E-state index contributed by atoms with van der Waals surface area (Å²) in [6.07, 6.45) is 1.45. The van der Waals surface area contributed by atoms with Gasteiger partial charge in [-0.2, -0.15) is 0 Å². The van der Waals surface area contributed by atoms with Crippen molar-refractivity contribution in [3.8, 4) is 0 Å². The van der Waals surface area contributed by atoms with Crippen LogP contribution in [0.4, 0.5) is 0 Å². The van der Waals surface area contributed by atoms with Crippen LogP contribution in [0.2, 0.25) is 0 Å². The van der Waals surface area contributed by atoms with Crippen molar-refractivity contribution >= 4 is 25.8 Å². The van der Waals surface area contributed by atoms with Crippen LogP contribution >= 0.6 is 0 Å². The average molecular weight is 338 g/mol. The fourth-order valence-corrected chi connectivity index (χ4v) is 5.61. The number of hydrogen-bond acceptors (Lipinski definition) is 5. The fourth-order valence-electron chi connectivity index (χ4n) is 2.81. The molecule has 2 fully saturated rings. The predicted molar refractivity (Wildman–Crippen MR) is 79.0 cm³/mol. The summed E-state index contributed by atoms with van der Waals surface area (Å²) in [5, 5.41) is 2.79. The zero-order chi connectivity index (χ0) is 15.7. The summed E-state index contributed by atoms with van der Waals surface area (Å²) in [5.41, 5.74) is 0. The Morgan fingerprint density at radius 3 is 2.33 bits per heavy atom. The maximum absolute atomic E-state index is 12.1. The Bertz CT molecular complexity index is 591. The van der Waals surface area contributed by atoms with Gasteiger partial charge in [0.05, 0.1) is 17.3 Å². The Morgan fingerprint density at radius 1 is 1.24 bits per heavy atom. The highest BCUT2D eigenvalue weighted by atomic mass is 32.2. The van der Waals surface area contributed by atoms with E-state index < -0.39 is 19.9 Å². The minimum atomic E-state index is -3.19. The van der Waals surface area contributed by atoms with Gasteiger partial charge >= 0.3 is 0 Å². The molecule has 2 saturated heterocycles. The molecule has 2 heterocycles. The van der Waals surface area contributed by atoms with E-state index in [1.54, 1.807) is 6.92 Å². The Balaban J connectivity index is 1.84. The summed E-state index contributed by atoms with van der Waals surface area (Å²) in [6.45, 7) is 2.32. The summed E-state index contributed by atoms with van der Waals surface area (Å²) in [5.74, 6) is -0.154. The van der Waals surface area contributed by atoms with Crippen LogP contribution < -0.4 is 5.32 Å². The highest BCUT2D eigenvalue weighted by molar-refractivity contribution is 7.91. The Hall–Kier alpha value is -0.670. The molecule has 0 aliphatic carbocycles. The number of sulfonamides is 1. The van der Waals surface area contributed by atoms with Crippen molar-refractivity contribution in [2.75, 3.05) is 30.3 Å². The van der Waals surface area contributed by atoms with Crippen LogP contribution in [0.15, 0.2) is 0 Å². The lowest BCUT2D eigenvalue weighted by Gasteiger charge is -2.30. The Kier molecular flexibility index (Phi) is 4.94. The van der Waals surface area contributed by atoms with Gasteiger partial charge in [-0.25, -0.2) is 21.1 Å². The number of carbonyl (C=O) groups is 1. The highest BCUT2D eigenvalue weighted by Gasteiger charge is 2.33. The van der Waals surface area contributed by atoms with Crippen LogP contribution in [0.5, 0.6) is 0 Å². The second-order valence-corrected chi connectivity index (χ2v) is 10.2. The van der Waals surface area contributed by atoms with Gasteiger partial charge in [-0.15, -0.1) is 0 Å². The summed E-state index contributed by atoms with van der Waals surface area (Å²) in [7, 11) is -6.19. The lowest BCUT2D eigenvalue weighted by atomic mass is 9.97. The van der Waals surface area contributed by atoms with Gasteiger partial charge in [0.25, 0.3) is 0 Å². The first-order chi connectivity index (χ1) is 9.73. The normalized spacial score (nSPS) is 27.6. The third kappa shape index (κ3) is 4.17. The van der Waals surface area contributed by atoms with E-state index in [-0.39, 0.29) is 35.1 Å². The van der Waals surface area contributed by atoms with Gasteiger partial charge in [0.2, 0.25) is 15.9 Å². The molecule has 0 saturated carbocycles. The molecular formula is C12H22N2O5S2. The van der Waals surface area contributed by atoms with Crippen molar-refractivity contribution in [2.45, 2.75) is 32.2 Å². The smallest absolute Gasteiger partial charge is 0.223 e. The average Bonchev–Trinajstić information content (AvgIpc) is 2.78. The molecule has 2 aliphatic rings. The molecule has 0 spiro atoms. The number of amides is 1. The predicted octanol–water partition coefficient (Wildman–Crippen LogP) is -0.649. The molecule has 1 amide bonds. The first-order valence-corrected chi connectivity index (χ1v) is 10.6. The van der Waals surface area contributed by atoms with Crippen molar-refractivity contribution in [3.63, 3.8) is 0 Å². The van der Waals surface area contributed by atoms with Crippen molar-refractivity contribution < 1.29 is 21.6 Å². The zero-order valence-electron chi connectivity index (χ0n) is 12.1. The first kappa shape index (κ1) is 16.7. The number of rotatable bonds is 4. The molecule has 9 heteroatoms. The Morgan fingerprint density at radius 2 is 1.86 bits per heavy atom. The summed E-state index contributed by atoms with van der Waals surface area (Å²) in [6, 6.07) is -0.292. The first-order valence-electron chi connectivity index (χ1n) is 7.22. The lowest BCUT2D eigenvalue weighted by molar-refractivity contribution is -0.126. The van der Waals surface area contributed by atoms with Gasteiger partial charge in [0.15, 0.2) is 9.84 Å². The van der Waals surface area contributed by atoms with E-state index in [1.807, 2.05) is 0 Å². The van der Waals surface area contributed by atoms with Gasteiger partial charge in [0.1, 0.15) is 0 Å². The lowest BCUT2D eigenvalue weighted by Crippen LogP contribution is -2.45. The number of piperidine rings is 1. The Labute approximate surface area is 126 Å². The monoisotopic (exact) mass is 338 g/mol. The SMILES string of the molecule is CCS(=O)(=O)N1CCC(C(=O)NC2CCS(=O)(=O)C2)CC1. The second kappa shape index (κ2) is 6.21. The molecule has 2 aliphatic heterocycles. The van der Waals surface area contributed by atoms with Crippen LogP contribution in [0.1, 0.15) is 26.2 Å². The summed E-state index contributed by atoms with van der Waals surface area (Å²) >= 11 is 0. The second-order valence-electron chi connectivity index (χ2n) is 5.68. The number of nitrogens with zero attached hydrogens (tertiary/aromatic N) is 1. The molecule has 0 aromatic rings. The van der Waals surface area contributed by atoms with Crippen molar-refractivity contribution in [3.05, 3.63) is 0 Å². The van der Waals surface area contributed by atoms with Crippen LogP contribution in [0.25, 0.3) is 0 Å². The minimum Gasteiger partial charge on any atom is -0.352 e. The molecule has 1 N–H and O–H groups in total. The molecule has 2 rings (SSSR count). The van der Waals surface area contributed by atoms with E-state index in [0.717, 1.165) is 0 Å². The van der Waals surface area contributed by atoms with E-state index in [9.17, 15) is 21.6 Å². The van der Waals surface area contributed by atoms with Gasteiger partial charge in [0, 0.05) is 25.0 Å². The molecular weight excluding hydrogens is 316 g/mol. The molecule has 21 heavy (non-hydrogen) atoms. The van der Waals surface area contributed by atoms with Gasteiger partial charge < -0.3 is 5.32 Å². The molecule has 0 aromatic heterocycles. The van der Waals surface area contributed by atoms with Gasteiger partial charge in [-0.3, -0.25) is 4.79 Å². The minimum absolute atomic E-state index is 0.0157. The summed E-state index contributed by atoms with van der Waals surface area (Å²) in [4.78, 5) is 12.1. The van der Waals surface area contributed by atoms with Gasteiger partial charge in [-0.1, -0.05) is 0 Å². The summed E-state index contributed by atoms with van der Waals surface area (Å²) < 4.78 is 47.6. The van der Waals surface area contributed by atoms with Crippen LogP contribution in [-0.4, -0.2) is 63.4 Å². The molecule has 1 unspecified atom stereocenters. The topological polar surface area (TPSA) is 101 Å². The maximum Gasteiger partial charge on any atom is 0.223 e. The highest BCUT2D eigenvalue weighted by Crippen LogP contribution is 2.21. The third-order valence-corrected chi connectivity index (χ3v) is 7.81. The molecule has 0 aromatic carbocycles. The van der Waals surface area contributed by atoms with E-state index in [1.165, 1.54) is 4.31 Å². The van der Waals surface area contributed by atoms with Crippen molar-refractivity contribution in [1.82, 2.24) is 9.62 Å². The van der Waals surface area contributed by atoms with Gasteiger partial charge in [-0.05, 0) is 26.2 Å². The van der Waals surface area contributed by atoms with Crippen LogP contribution in [-0.2, 0) is 24.7 Å². The molecule has 1 atom stereocenters. The zero-order valence-corrected chi connectivity index (χ0v) is 13.7. The van der Waals surface area contributed by atoms with Crippen LogP contribution in [0, 0.1) is 5.92 Å². The maximum atomic E-state index is 12.1. The molecule has 0 bridgehead atoms. The third-order valence-electron chi connectivity index (χ3n) is 4.16. The molecule has 7 nitrogen and oxygen atoms in total. The van der Waals surface area contributed by atoms with E-state index in [0.29, 0.717) is 32.4 Å². The van der Waals surface area contributed by atoms with Crippen molar-refractivity contribution in [2.24, 2.45) is 5.92 Å². The number of hydrogen-bond donors (Lipinski definition) is 1. The number of carbonyl (C=O) groups excluding carboxylic acids is 1. The standard InChI is InChI=1S/C12H22N2O5S2/c1-2-21(18,19)14-6-3-10(4-7-14)12(15)13-11-5-8-20(16,17)9-11/h10-11H,2-9H2,1H3,(H,13,15). The molecule has 0 radical (unpaired) electrons. The molecule has 122 valence electrons. The largest absolute Gasteiger partial charge is 0.352 e. The van der Waals surface area contributed by atoms with Crippen LogP contribution in [0.3, 0.4) is 0 Å². The van der Waals surface area contributed by atoms with E-state index >= 15 is 0 Å². The van der Waals surface area contributed by atoms with Crippen molar-refractivity contribution in [1.29, 1.82) is 0 Å². The quantitative estimate of drug-likeness (QED) is 0.734. The fraction of sp³-hybridized carbons (Fsp3) is 0.917. The number of sulfone groups is 1. The number of nitrogens with one attached hydrogen (secondary N) is 1. The van der Waals surface area contributed by atoms with E-state index in [4.69, 9.17) is 0 Å².